The van der Waals surface area contributed by atoms with Crippen molar-refractivity contribution in [3.8, 4) is 11.5 Å². The molecule has 0 aliphatic carbocycles. The van der Waals surface area contributed by atoms with Crippen molar-refractivity contribution >= 4 is 11.8 Å². The molecule has 1 aromatic heterocycles. The molecule has 2 N–H and O–H groups in total. The molecule has 1 aromatic carbocycles. The van der Waals surface area contributed by atoms with Gasteiger partial charge in [-0.3, -0.25) is 4.79 Å². The van der Waals surface area contributed by atoms with Crippen molar-refractivity contribution in [3.63, 3.8) is 0 Å². The van der Waals surface area contributed by atoms with Crippen molar-refractivity contribution < 1.29 is 18.7 Å². The second-order valence-electron chi connectivity index (χ2n) is 6.50. The van der Waals surface area contributed by atoms with Gasteiger partial charge in [0.2, 0.25) is 11.8 Å². The number of aromatic nitrogens is 1. The van der Waals surface area contributed by atoms with Gasteiger partial charge in [-0.05, 0) is 19.1 Å². The van der Waals surface area contributed by atoms with Gasteiger partial charge < -0.3 is 24.5 Å². The van der Waals surface area contributed by atoms with Crippen molar-refractivity contribution in [2.45, 2.75) is 25.6 Å². The first-order chi connectivity index (χ1) is 12.1. The zero-order valence-corrected chi connectivity index (χ0v) is 14.2. The van der Waals surface area contributed by atoms with E-state index in [4.69, 9.17) is 19.6 Å². The summed E-state index contributed by atoms with van der Waals surface area (Å²) in [4.78, 5) is 18.2. The molecule has 1 amide bonds. The summed E-state index contributed by atoms with van der Waals surface area (Å²) in [6.45, 7) is 4.58. The number of benzene rings is 1. The molecular formula is C18H21N3O4. The van der Waals surface area contributed by atoms with Crippen LogP contribution in [0.2, 0.25) is 0 Å². The third kappa shape index (κ3) is 3.01. The van der Waals surface area contributed by atoms with Crippen molar-refractivity contribution in [1.29, 1.82) is 0 Å². The molecular weight excluding hydrogens is 322 g/mol. The molecule has 7 nitrogen and oxygen atoms in total. The molecule has 0 bridgehead atoms. The number of nitrogens with two attached hydrogens (primary N) is 1. The lowest BCUT2D eigenvalue weighted by Crippen LogP contribution is -2.45. The summed E-state index contributed by atoms with van der Waals surface area (Å²) in [5.41, 5.74) is 7.64. The van der Waals surface area contributed by atoms with Crippen molar-refractivity contribution in [2.24, 2.45) is 5.73 Å². The Labute approximate surface area is 145 Å². The molecule has 2 aliphatic heterocycles. The Balaban J connectivity index is 1.60. The number of oxazole rings is 1. The van der Waals surface area contributed by atoms with Gasteiger partial charge in [-0.2, -0.15) is 0 Å². The minimum atomic E-state index is -0.592. The highest BCUT2D eigenvalue weighted by Gasteiger charge is 2.41. The Hall–Kier alpha value is -2.38. The molecule has 0 unspecified atom stereocenters. The number of carbonyl (C=O) groups excluding carboxylic acids is 1. The number of rotatable bonds is 3. The first kappa shape index (κ1) is 16.1. The summed E-state index contributed by atoms with van der Waals surface area (Å²) in [6, 6.07) is 7.79. The predicted octanol–water partition coefficient (Wildman–Crippen LogP) is 2.09. The zero-order chi connectivity index (χ0) is 17.4. The highest BCUT2D eigenvalue weighted by atomic mass is 16.7. The number of anilines is 1. The van der Waals surface area contributed by atoms with E-state index in [9.17, 15) is 4.79 Å². The molecule has 2 aromatic rings. The number of hydrogen-bond donors (Lipinski definition) is 1. The van der Waals surface area contributed by atoms with Crippen LogP contribution in [0.3, 0.4) is 0 Å². The van der Waals surface area contributed by atoms with Crippen LogP contribution < -0.4 is 10.6 Å². The summed E-state index contributed by atoms with van der Waals surface area (Å²) in [5.74, 6) is -0.248. The Morgan fingerprint density at radius 3 is 2.40 bits per heavy atom. The summed E-state index contributed by atoms with van der Waals surface area (Å²) in [7, 11) is 0. The van der Waals surface area contributed by atoms with Crippen molar-refractivity contribution in [2.75, 3.05) is 31.2 Å². The molecule has 7 heteroatoms. The lowest BCUT2D eigenvalue weighted by molar-refractivity contribution is -0.169. The molecule has 2 fully saturated rings. The van der Waals surface area contributed by atoms with Crippen LogP contribution in [0.25, 0.3) is 11.5 Å². The van der Waals surface area contributed by atoms with Crippen LogP contribution >= 0.6 is 0 Å². The minimum Gasteiger partial charge on any atom is -0.420 e. The van der Waals surface area contributed by atoms with E-state index in [0.29, 0.717) is 50.9 Å². The zero-order valence-electron chi connectivity index (χ0n) is 14.2. The predicted molar refractivity (Wildman–Crippen MR) is 91.3 cm³/mol. The number of amides is 1. The normalized spacial score (nSPS) is 19.5. The van der Waals surface area contributed by atoms with Gasteiger partial charge in [0.25, 0.3) is 5.91 Å². The number of ether oxygens (including phenoxy) is 2. The maximum absolute atomic E-state index is 11.8. The van der Waals surface area contributed by atoms with E-state index in [2.05, 4.69) is 4.98 Å². The second kappa shape index (κ2) is 6.16. The van der Waals surface area contributed by atoms with Crippen LogP contribution in [0.4, 0.5) is 5.88 Å². The van der Waals surface area contributed by atoms with Crippen LogP contribution in [0.5, 0.6) is 0 Å². The molecule has 132 valence electrons. The highest BCUT2D eigenvalue weighted by molar-refractivity contribution is 5.96. The molecule has 3 heterocycles. The fourth-order valence-corrected chi connectivity index (χ4v) is 3.34. The highest BCUT2D eigenvalue weighted by Crippen LogP contribution is 2.35. The van der Waals surface area contributed by atoms with Crippen molar-refractivity contribution in [3.05, 3.63) is 35.5 Å². The lowest BCUT2D eigenvalue weighted by atomic mass is 10.0. The van der Waals surface area contributed by atoms with Gasteiger partial charge in [0, 0.05) is 31.5 Å². The second-order valence-corrected chi connectivity index (χ2v) is 6.50. The summed E-state index contributed by atoms with van der Waals surface area (Å²) < 4.78 is 17.4. The van der Waals surface area contributed by atoms with Gasteiger partial charge in [-0.25, -0.2) is 4.98 Å². The SMILES string of the molecule is Cc1ccc(-c2nc(C(N)=O)c(N3CCC4(CC3)OCCO4)o2)cc1. The monoisotopic (exact) mass is 343 g/mol. The van der Waals surface area contributed by atoms with E-state index >= 15 is 0 Å². The van der Waals surface area contributed by atoms with Gasteiger partial charge in [0.15, 0.2) is 11.5 Å². The fourth-order valence-electron chi connectivity index (χ4n) is 3.34. The van der Waals surface area contributed by atoms with Gasteiger partial charge in [0.1, 0.15) is 0 Å². The third-order valence-corrected chi connectivity index (χ3v) is 4.77. The van der Waals surface area contributed by atoms with Crippen molar-refractivity contribution in [1.82, 2.24) is 4.98 Å². The third-order valence-electron chi connectivity index (χ3n) is 4.77. The van der Waals surface area contributed by atoms with E-state index in [0.717, 1.165) is 11.1 Å². The van der Waals surface area contributed by atoms with E-state index in [-0.39, 0.29) is 5.69 Å². The molecule has 2 saturated heterocycles. The summed E-state index contributed by atoms with van der Waals surface area (Å²) >= 11 is 0. The maximum Gasteiger partial charge on any atom is 0.273 e. The lowest BCUT2D eigenvalue weighted by Gasteiger charge is -2.37. The van der Waals surface area contributed by atoms with E-state index in [1.165, 1.54) is 0 Å². The van der Waals surface area contributed by atoms with Gasteiger partial charge in [-0.1, -0.05) is 17.7 Å². The topological polar surface area (TPSA) is 90.8 Å². The van der Waals surface area contributed by atoms with E-state index < -0.39 is 11.7 Å². The smallest absolute Gasteiger partial charge is 0.273 e. The molecule has 2 aliphatic rings. The Bertz CT molecular complexity index is 768. The molecule has 0 atom stereocenters. The Morgan fingerprint density at radius 1 is 1.16 bits per heavy atom. The van der Waals surface area contributed by atoms with Gasteiger partial charge in [0.05, 0.1) is 13.2 Å². The number of carbonyl (C=O) groups is 1. The molecule has 0 saturated carbocycles. The molecule has 25 heavy (non-hydrogen) atoms. The Kier molecular flexibility index (Phi) is 3.97. The number of primary amides is 1. The maximum atomic E-state index is 11.8. The van der Waals surface area contributed by atoms with Crippen LogP contribution in [-0.4, -0.2) is 43.0 Å². The van der Waals surface area contributed by atoms with Crippen LogP contribution in [0, 0.1) is 6.92 Å². The van der Waals surface area contributed by atoms with Crippen LogP contribution in [0.1, 0.15) is 28.9 Å². The standard InChI is InChI=1S/C18H21N3O4/c1-12-2-4-13(5-3-12)16-20-14(15(19)22)17(25-16)21-8-6-18(7-9-21)23-10-11-24-18/h2-5H,6-11H2,1H3,(H2,19,22). The fraction of sp³-hybridized carbons (Fsp3) is 0.444. The first-order valence-electron chi connectivity index (χ1n) is 8.47. The first-order valence-corrected chi connectivity index (χ1v) is 8.47. The number of piperidine rings is 1. The number of aryl methyl sites for hydroxylation is 1. The number of hydrogen-bond acceptors (Lipinski definition) is 6. The largest absolute Gasteiger partial charge is 0.420 e. The van der Waals surface area contributed by atoms with Crippen LogP contribution in [-0.2, 0) is 9.47 Å². The Morgan fingerprint density at radius 2 is 1.80 bits per heavy atom. The van der Waals surface area contributed by atoms with Crippen LogP contribution in [0.15, 0.2) is 28.7 Å². The quantitative estimate of drug-likeness (QED) is 0.918. The summed E-state index contributed by atoms with van der Waals surface area (Å²) in [6.07, 6.45) is 1.43. The minimum absolute atomic E-state index is 0.166. The van der Waals surface area contributed by atoms with E-state index in [1.807, 2.05) is 36.1 Å². The number of nitrogens with zero attached hydrogens (tertiary/aromatic N) is 2. The van der Waals surface area contributed by atoms with E-state index in [1.54, 1.807) is 0 Å². The van der Waals surface area contributed by atoms with Gasteiger partial charge in [-0.15, -0.1) is 0 Å². The molecule has 4 rings (SSSR count). The van der Waals surface area contributed by atoms with Gasteiger partial charge >= 0.3 is 0 Å². The average molecular weight is 343 g/mol. The molecule has 0 radical (unpaired) electrons. The molecule has 1 spiro atoms. The summed E-state index contributed by atoms with van der Waals surface area (Å²) in [5, 5.41) is 0. The average Bonchev–Trinajstić information content (AvgIpc) is 3.24.